The van der Waals surface area contributed by atoms with Gasteiger partial charge in [0.15, 0.2) is 0 Å². The minimum absolute atomic E-state index is 0.182. The first-order chi connectivity index (χ1) is 10.3. The summed E-state index contributed by atoms with van der Waals surface area (Å²) >= 11 is 0. The number of ether oxygens (including phenoxy) is 1. The number of rotatable bonds is 5. The van der Waals surface area contributed by atoms with Gasteiger partial charge in [0.2, 0.25) is 0 Å². The van der Waals surface area contributed by atoms with Crippen molar-refractivity contribution in [2.24, 2.45) is 5.10 Å². The van der Waals surface area contributed by atoms with Crippen LogP contribution >= 0.6 is 0 Å². The Morgan fingerprint density at radius 1 is 1.19 bits per heavy atom. The number of nitrogens with one attached hydrogen (secondary N) is 1. The molecular weight excluding hydrogens is 264 g/mol. The Balaban J connectivity index is 2.02. The molecule has 0 unspecified atom stereocenters. The molecule has 21 heavy (non-hydrogen) atoms. The van der Waals surface area contributed by atoms with Gasteiger partial charge in [0.1, 0.15) is 12.4 Å². The number of hydrogen-bond acceptors (Lipinski definition) is 3. The van der Waals surface area contributed by atoms with E-state index >= 15 is 0 Å². The van der Waals surface area contributed by atoms with E-state index in [-0.39, 0.29) is 12.5 Å². The first-order valence-corrected chi connectivity index (χ1v) is 6.35. The van der Waals surface area contributed by atoms with E-state index in [9.17, 15) is 4.79 Å². The van der Waals surface area contributed by atoms with Crippen LogP contribution in [0.2, 0.25) is 0 Å². The molecule has 104 valence electrons. The van der Waals surface area contributed by atoms with E-state index < -0.39 is 0 Å². The van der Waals surface area contributed by atoms with Crippen molar-refractivity contribution in [3.05, 3.63) is 65.7 Å². The molecule has 0 aromatic heterocycles. The van der Waals surface area contributed by atoms with Crippen LogP contribution in [-0.4, -0.2) is 18.7 Å². The number of carbonyl (C=O) groups excluding carboxylic acids is 1. The number of amides is 1. The number of terminal acetylenes is 1. The fraction of sp³-hybridized carbons (Fsp3) is 0.0588. The molecule has 0 spiro atoms. The molecule has 0 aliphatic rings. The summed E-state index contributed by atoms with van der Waals surface area (Å²) in [6.45, 7) is 0.182. The fourth-order valence-electron chi connectivity index (χ4n) is 1.65. The van der Waals surface area contributed by atoms with Crippen LogP contribution in [0.15, 0.2) is 59.7 Å². The summed E-state index contributed by atoms with van der Waals surface area (Å²) in [5.74, 6) is 2.75. The van der Waals surface area contributed by atoms with Gasteiger partial charge >= 0.3 is 0 Å². The van der Waals surface area contributed by atoms with Gasteiger partial charge in [0, 0.05) is 11.1 Å². The van der Waals surface area contributed by atoms with Crippen molar-refractivity contribution in [2.75, 3.05) is 6.61 Å². The number of benzene rings is 2. The zero-order valence-electron chi connectivity index (χ0n) is 11.3. The molecule has 0 radical (unpaired) electrons. The maximum Gasteiger partial charge on any atom is 0.271 e. The highest BCUT2D eigenvalue weighted by Crippen LogP contribution is 2.15. The molecule has 0 heterocycles. The van der Waals surface area contributed by atoms with Crippen LogP contribution < -0.4 is 10.2 Å². The normalized spacial score (nSPS) is 10.0. The molecular formula is C17H14N2O2. The van der Waals surface area contributed by atoms with Crippen LogP contribution in [0.4, 0.5) is 0 Å². The molecule has 0 fully saturated rings. The molecule has 0 atom stereocenters. The van der Waals surface area contributed by atoms with Gasteiger partial charge < -0.3 is 4.74 Å². The average Bonchev–Trinajstić information content (AvgIpc) is 2.54. The maximum atomic E-state index is 11.8. The summed E-state index contributed by atoms with van der Waals surface area (Å²) < 4.78 is 5.39. The minimum atomic E-state index is -0.270. The van der Waals surface area contributed by atoms with Crippen molar-refractivity contribution in [3.63, 3.8) is 0 Å². The Bertz CT molecular complexity index is 673. The molecule has 0 aliphatic carbocycles. The van der Waals surface area contributed by atoms with Crippen molar-refractivity contribution in [2.45, 2.75) is 0 Å². The molecule has 0 saturated heterocycles. The number of carbonyl (C=O) groups is 1. The summed E-state index contributed by atoms with van der Waals surface area (Å²) in [4.78, 5) is 11.8. The zero-order chi connectivity index (χ0) is 14.9. The smallest absolute Gasteiger partial charge is 0.271 e. The van der Waals surface area contributed by atoms with Gasteiger partial charge in [-0.05, 0) is 24.3 Å². The maximum absolute atomic E-state index is 11.8. The van der Waals surface area contributed by atoms with E-state index in [1.807, 2.05) is 24.3 Å². The quantitative estimate of drug-likeness (QED) is 0.519. The predicted molar refractivity (Wildman–Crippen MR) is 82.3 cm³/mol. The molecule has 2 rings (SSSR count). The van der Waals surface area contributed by atoms with Crippen LogP contribution in [0.1, 0.15) is 15.9 Å². The van der Waals surface area contributed by atoms with Crippen molar-refractivity contribution in [1.82, 2.24) is 5.43 Å². The summed E-state index contributed by atoms with van der Waals surface area (Å²) in [5, 5.41) is 3.93. The van der Waals surface area contributed by atoms with Crippen LogP contribution in [0.3, 0.4) is 0 Å². The van der Waals surface area contributed by atoms with Crippen molar-refractivity contribution < 1.29 is 9.53 Å². The zero-order valence-corrected chi connectivity index (χ0v) is 11.3. The third-order valence-electron chi connectivity index (χ3n) is 2.64. The Morgan fingerprint density at radius 2 is 1.90 bits per heavy atom. The fourth-order valence-corrected chi connectivity index (χ4v) is 1.65. The standard InChI is InChI=1S/C17H14N2O2/c1-2-12-21-16-11-7-6-10-15(16)13-18-19-17(20)14-8-4-3-5-9-14/h1,3-11,13H,12H2,(H,19,20). The van der Waals surface area contributed by atoms with Crippen LogP contribution in [0, 0.1) is 12.3 Å². The predicted octanol–water partition coefficient (Wildman–Crippen LogP) is 2.46. The summed E-state index contributed by atoms with van der Waals surface area (Å²) in [6.07, 6.45) is 6.69. The van der Waals surface area contributed by atoms with Gasteiger partial charge in [-0.15, -0.1) is 6.42 Å². The molecule has 0 aliphatic heterocycles. The van der Waals surface area contributed by atoms with Crippen LogP contribution in [-0.2, 0) is 0 Å². The van der Waals surface area contributed by atoms with Gasteiger partial charge in [-0.1, -0.05) is 36.3 Å². The van der Waals surface area contributed by atoms with Gasteiger partial charge in [-0.2, -0.15) is 5.10 Å². The van der Waals surface area contributed by atoms with E-state index in [4.69, 9.17) is 11.2 Å². The summed E-state index contributed by atoms with van der Waals surface area (Å²) in [5.41, 5.74) is 3.75. The molecule has 4 nitrogen and oxygen atoms in total. The second kappa shape index (κ2) is 7.51. The highest BCUT2D eigenvalue weighted by Gasteiger charge is 2.03. The van der Waals surface area contributed by atoms with Crippen LogP contribution in [0.25, 0.3) is 0 Å². The highest BCUT2D eigenvalue weighted by atomic mass is 16.5. The van der Waals surface area contributed by atoms with Gasteiger partial charge in [0.25, 0.3) is 5.91 Å². The molecule has 0 saturated carbocycles. The lowest BCUT2D eigenvalue weighted by atomic mass is 10.2. The van der Waals surface area contributed by atoms with E-state index in [0.717, 1.165) is 5.56 Å². The van der Waals surface area contributed by atoms with E-state index in [2.05, 4.69) is 16.4 Å². The second-order valence-corrected chi connectivity index (χ2v) is 4.10. The van der Waals surface area contributed by atoms with Crippen LogP contribution in [0.5, 0.6) is 5.75 Å². The van der Waals surface area contributed by atoms with Gasteiger partial charge in [-0.25, -0.2) is 5.43 Å². The first kappa shape index (κ1) is 14.4. The number of para-hydroxylation sites is 1. The SMILES string of the molecule is C#CCOc1ccccc1C=NNC(=O)c1ccccc1. The number of nitrogens with zero attached hydrogens (tertiary/aromatic N) is 1. The summed E-state index contributed by atoms with van der Waals surface area (Å²) in [7, 11) is 0. The average molecular weight is 278 g/mol. The topological polar surface area (TPSA) is 50.7 Å². The Morgan fingerprint density at radius 3 is 2.67 bits per heavy atom. The second-order valence-electron chi connectivity index (χ2n) is 4.10. The largest absolute Gasteiger partial charge is 0.480 e. The monoisotopic (exact) mass is 278 g/mol. The Hall–Kier alpha value is -3.06. The molecule has 2 aromatic carbocycles. The molecule has 4 heteroatoms. The van der Waals surface area contributed by atoms with Gasteiger partial charge in [-0.3, -0.25) is 4.79 Å². The number of hydrazone groups is 1. The Labute approximate surface area is 123 Å². The van der Waals surface area contributed by atoms with Gasteiger partial charge in [0.05, 0.1) is 6.21 Å². The molecule has 1 N–H and O–H groups in total. The van der Waals surface area contributed by atoms with Crippen molar-refractivity contribution in [3.8, 4) is 18.1 Å². The van der Waals surface area contributed by atoms with Crippen molar-refractivity contribution in [1.29, 1.82) is 0 Å². The van der Waals surface area contributed by atoms with Crippen molar-refractivity contribution >= 4 is 12.1 Å². The van der Waals surface area contributed by atoms with E-state index in [1.54, 1.807) is 30.3 Å². The third kappa shape index (κ3) is 4.22. The molecule has 0 bridgehead atoms. The lowest BCUT2D eigenvalue weighted by molar-refractivity contribution is 0.0955. The highest BCUT2D eigenvalue weighted by molar-refractivity contribution is 5.95. The lowest BCUT2D eigenvalue weighted by Crippen LogP contribution is -2.17. The molecule has 2 aromatic rings. The molecule has 1 amide bonds. The number of hydrogen-bond donors (Lipinski definition) is 1. The third-order valence-corrected chi connectivity index (χ3v) is 2.64. The summed E-state index contributed by atoms with van der Waals surface area (Å²) in [6, 6.07) is 16.2. The minimum Gasteiger partial charge on any atom is -0.480 e. The lowest BCUT2D eigenvalue weighted by Gasteiger charge is -2.05. The van der Waals surface area contributed by atoms with E-state index in [1.165, 1.54) is 6.21 Å². The first-order valence-electron chi connectivity index (χ1n) is 6.35. The van der Waals surface area contributed by atoms with E-state index in [0.29, 0.717) is 11.3 Å². The Kier molecular flexibility index (Phi) is 5.13.